The fraction of sp³-hybridized carbons (Fsp3) is 0.727. The maximum Gasteiger partial charge on any atom is 0.262 e. The Morgan fingerprint density at radius 2 is 2.26 bits per heavy atom. The van der Waals surface area contributed by atoms with Crippen LogP contribution < -0.4 is 5.32 Å². The molecule has 19 heavy (non-hydrogen) atoms. The lowest BCUT2D eigenvalue weighted by atomic mass is 10.1. The number of aryl methyl sites for hydroxylation is 1. The van der Waals surface area contributed by atoms with Crippen LogP contribution in [0.2, 0.25) is 5.02 Å². The number of piperidine rings is 1. The molecule has 0 bridgehead atoms. The molecule has 1 unspecified atom stereocenters. The third-order valence-corrected chi connectivity index (χ3v) is 5.87. The van der Waals surface area contributed by atoms with Gasteiger partial charge in [0.2, 0.25) is 0 Å². The van der Waals surface area contributed by atoms with Gasteiger partial charge in [0.15, 0.2) is 5.03 Å². The number of aromatic nitrogens is 2. The molecule has 1 aliphatic heterocycles. The number of hydrogen-bond acceptors (Lipinski definition) is 4. The minimum atomic E-state index is -3.59. The number of halogens is 1. The van der Waals surface area contributed by atoms with Crippen LogP contribution in [0.1, 0.15) is 19.3 Å². The van der Waals surface area contributed by atoms with Crippen molar-refractivity contribution < 1.29 is 8.42 Å². The SMILES string of the molecule is CNCC1CCCCN1S(=O)(=O)c1c(Cl)cnn1C. The van der Waals surface area contributed by atoms with Crippen LogP contribution in [0.25, 0.3) is 0 Å². The first-order valence-electron chi connectivity index (χ1n) is 6.32. The fourth-order valence-corrected chi connectivity index (χ4v) is 4.83. The van der Waals surface area contributed by atoms with E-state index >= 15 is 0 Å². The van der Waals surface area contributed by atoms with Gasteiger partial charge >= 0.3 is 0 Å². The van der Waals surface area contributed by atoms with Gasteiger partial charge in [-0.15, -0.1) is 0 Å². The molecule has 0 spiro atoms. The lowest BCUT2D eigenvalue weighted by Gasteiger charge is -2.34. The van der Waals surface area contributed by atoms with Crippen LogP contribution >= 0.6 is 11.6 Å². The van der Waals surface area contributed by atoms with Crippen molar-refractivity contribution >= 4 is 21.6 Å². The van der Waals surface area contributed by atoms with Crippen molar-refractivity contribution in [3.63, 3.8) is 0 Å². The van der Waals surface area contributed by atoms with Gasteiger partial charge in [0.05, 0.1) is 11.2 Å². The first-order valence-corrected chi connectivity index (χ1v) is 8.14. The van der Waals surface area contributed by atoms with E-state index in [1.165, 1.54) is 10.9 Å². The van der Waals surface area contributed by atoms with E-state index < -0.39 is 10.0 Å². The van der Waals surface area contributed by atoms with Crippen LogP contribution in [-0.2, 0) is 17.1 Å². The quantitative estimate of drug-likeness (QED) is 0.895. The molecule has 1 aromatic heterocycles. The van der Waals surface area contributed by atoms with Crippen LogP contribution in [-0.4, -0.2) is 48.7 Å². The highest BCUT2D eigenvalue weighted by atomic mass is 35.5. The molecular weight excluding hydrogens is 288 g/mol. The second kappa shape index (κ2) is 5.78. The Hall–Kier alpha value is -0.630. The zero-order valence-corrected chi connectivity index (χ0v) is 12.7. The smallest absolute Gasteiger partial charge is 0.262 e. The highest BCUT2D eigenvalue weighted by molar-refractivity contribution is 7.89. The Morgan fingerprint density at radius 1 is 1.53 bits per heavy atom. The molecule has 2 rings (SSSR count). The molecule has 6 nitrogen and oxygen atoms in total. The molecule has 0 aliphatic carbocycles. The Bertz CT molecular complexity index is 521. The van der Waals surface area contributed by atoms with Crippen LogP contribution in [0, 0.1) is 0 Å². The van der Waals surface area contributed by atoms with Crippen LogP contribution in [0.5, 0.6) is 0 Å². The van der Waals surface area contributed by atoms with Crippen molar-refractivity contribution in [1.29, 1.82) is 0 Å². The summed E-state index contributed by atoms with van der Waals surface area (Å²) in [6, 6.07) is -0.0188. The number of likely N-dealkylation sites (N-methyl/N-ethyl adjacent to an activating group) is 1. The topological polar surface area (TPSA) is 67.2 Å². The Balaban J connectivity index is 2.37. The summed E-state index contributed by atoms with van der Waals surface area (Å²) in [5.74, 6) is 0. The molecule has 8 heteroatoms. The lowest BCUT2D eigenvalue weighted by Crippen LogP contribution is -2.48. The average molecular weight is 307 g/mol. The standard InChI is InChI=1S/C11H19ClN4O2S/c1-13-7-9-5-3-4-6-16(9)19(17,18)11-10(12)8-14-15(11)2/h8-9,13H,3-7H2,1-2H3. The number of sulfonamides is 1. The second-order valence-corrected chi connectivity index (χ2v) is 6.96. The van der Waals surface area contributed by atoms with Crippen molar-refractivity contribution in [3.8, 4) is 0 Å². The molecule has 0 saturated carbocycles. The predicted octanol–water partition coefficient (Wildman–Crippen LogP) is 0.836. The molecule has 108 valence electrons. The molecule has 1 saturated heterocycles. The second-order valence-electron chi connectivity index (χ2n) is 4.74. The third-order valence-electron chi connectivity index (χ3n) is 3.41. The van der Waals surface area contributed by atoms with Gasteiger partial charge in [-0.1, -0.05) is 18.0 Å². The van der Waals surface area contributed by atoms with Gasteiger partial charge < -0.3 is 5.32 Å². The normalized spacial score (nSPS) is 21.7. The maximum absolute atomic E-state index is 12.7. The highest BCUT2D eigenvalue weighted by Crippen LogP contribution is 2.28. The van der Waals surface area contributed by atoms with Gasteiger partial charge in [-0.05, 0) is 19.9 Å². The van der Waals surface area contributed by atoms with E-state index in [-0.39, 0.29) is 16.1 Å². The summed E-state index contributed by atoms with van der Waals surface area (Å²) in [4.78, 5) is 0. The third kappa shape index (κ3) is 2.79. The number of nitrogens with zero attached hydrogens (tertiary/aromatic N) is 3. The van der Waals surface area contributed by atoms with Crippen molar-refractivity contribution in [2.24, 2.45) is 7.05 Å². The van der Waals surface area contributed by atoms with E-state index in [0.717, 1.165) is 19.3 Å². The minimum absolute atomic E-state index is 0.0188. The number of hydrogen-bond donors (Lipinski definition) is 1. The molecule has 1 fully saturated rings. The van der Waals surface area contributed by atoms with Crippen LogP contribution in [0.3, 0.4) is 0 Å². The Labute approximate surface area is 118 Å². The highest BCUT2D eigenvalue weighted by Gasteiger charge is 2.36. The summed E-state index contributed by atoms with van der Waals surface area (Å²) in [6.45, 7) is 1.19. The summed E-state index contributed by atoms with van der Waals surface area (Å²) >= 11 is 5.97. The van der Waals surface area contributed by atoms with Crippen LogP contribution in [0.4, 0.5) is 0 Å². The molecule has 0 radical (unpaired) electrons. The summed E-state index contributed by atoms with van der Waals surface area (Å²) in [5.41, 5.74) is 0. The van der Waals surface area contributed by atoms with E-state index in [1.807, 2.05) is 7.05 Å². The summed E-state index contributed by atoms with van der Waals surface area (Å²) in [7, 11) is -0.167. The van der Waals surface area contributed by atoms with Gasteiger partial charge in [0.25, 0.3) is 10.0 Å². The molecule has 1 aliphatic rings. The number of rotatable bonds is 4. The first kappa shape index (κ1) is 14.8. The molecule has 0 aromatic carbocycles. The summed E-state index contributed by atoms with van der Waals surface area (Å²) in [5, 5.41) is 7.22. The first-order chi connectivity index (χ1) is 8.98. The van der Waals surface area contributed by atoms with Crippen molar-refractivity contribution in [2.45, 2.75) is 30.3 Å². The fourth-order valence-electron chi connectivity index (χ4n) is 2.53. The van der Waals surface area contributed by atoms with Crippen molar-refractivity contribution in [1.82, 2.24) is 19.4 Å². The van der Waals surface area contributed by atoms with E-state index in [1.54, 1.807) is 11.4 Å². The van der Waals surface area contributed by atoms with Crippen molar-refractivity contribution in [3.05, 3.63) is 11.2 Å². The van der Waals surface area contributed by atoms with Crippen LogP contribution in [0.15, 0.2) is 11.2 Å². The van der Waals surface area contributed by atoms with E-state index in [0.29, 0.717) is 13.1 Å². The predicted molar refractivity (Wildman–Crippen MR) is 73.7 cm³/mol. The van der Waals surface area contributed by atoms with E-state index in [4.69, 9.17) is 11.6 Å². The molecule has 1 aromatic rings. The monoisotopic (exact) mass is 306 g/mol. The molecule has 2 heterocycles. The molecular formula is C11H19ClN4O2S. The Kier molecular flexibility index (Phi) is 4.50. The molecule has 1 N–H and O–H groups in total. The van der Waals surface area contributed by atoms with Gasteiger partial charge in [-0.2, -0.15) is 9.40 Å². The van der Waals surface area contributed by atoms with Gasteiger partial charge in [0.1, 0.15) is 0 Å². The molecule has 1 atom stereocenters. The zero-order chi connectivity index (χ0) is 14.0. The Morgan fingerprint density at radius 3 is 2.84 bits per heavy atom. The zero-order valence-electron chi connectivity index (χ0n) is 11.1. The average Bonchev–Trinajstić information content (AvgIpc) is 2.70. The van der Waals surface area contributed by atoms with E-state index in [9.17, 15) is 8.42 Å². The molecule has 0 amide bonds. The number of nitrogens with one attached hydrogen (secondary N) is 1. The van der Waals surface area contributed by atoms with Gasteiger partial charge in [0, 0.05) is 26.2 Å². The minimum Gasteiger partial charge on any atom is -0.318 e. The lowest BCUT2D eigenvalue weighted by molar-refractivity contribution is 0.247. The largest absolute Gasteiger partial charge is 0.318 e. The van der Waals surface area contributed by atoms with Crippen molar-refractivity contribution in [2.75, 3.05) is 20.1 Å². The maximum atomic E-state index is 12.7. The van der Waals surface area contributed by atoms with E-state index in [2.05, 4.69) is 10.4 Å². The summed E-state index contributed by atoms with van der Waals surface area (Å²) in [6.07, 6.45) is 4.17. The van der Waals surface area contributed by atoms with Gasteiger partial charge in [-0.3, -0.25) is 4.68 Å². The van der Waals surface area contributed by atoms with Gasteiger partial charge in [-0.25, -0.2) is 8.42 Å². The summed E-state index contributed by atoms with van der Waals surface area (Å²) < 4.78 is 28.3.